The highest BCUT2D eigenvalue weighted by Crippen LogP contribution is 2.11. The van der Waals surface area contributed by atoms with Crippen molar-refractivity contribution in [2.24, 2.45) is 0 Å². The molecule has 0 heterocycles. The summed E-state index contributed by atoms with van der Waals surface area (Å²) in [6.45, 7) is 3.72. The molecule has 0 saturated heterocycles. The predicted octanol–water partition coefficient (Wildman–Crippen LogP) is 2.06. The van der Waals surface area contributed by atoms with Crippen molar-refractivity contribution in [2.75, 3.05) is 0 Å². The van der Waals surface area contributed by atoms with Crippen LogP contribution in [-0.2, 0) is 4.43 Å². The van der Waals surface area contributed by atoms with Crippen molar-refractivity contribution in [1.29, 1.82) is 0 Å². The Morgan fingerprint density at radius 2 is 2.27 bits per heavy atom. The van der Waals surface area contributed by atoms with Crippen molar-refractivity contribution in [3.05, 3.63) is 35.9 Å². The fourth-order valence-corrected chi connectivity index (χ4v) is 1.62. The molecule has 1 aromatic carbocycles. The van der Waals surface area contributed by atoms with Crippen molar-refractivity contribution >= 4 is 42.0 Å². The van der Waals surface area contributed by atoms with E-state index in [1.807, 2.05) is 24.3 Å². The normalized spacial score (nSPS) is 9.55. The molecular weight excluding hydrogens is 246 g/mol. The summed E-state index contributed by atoms with van der Waals surface area (Å²) in [5.74, 6) is 0. The molecule has 0 saturated carbocycles. The third-order valence-electron chi connectivity index (χ3n) is 1.53. The van der Waals surface area contributed by atoms with Gasteiger partial charge in [0, 0.05) is 4.43 Å². The molecule has 1 aromatic rings. The van der Waals surface area contributed by atoms with E-state index in [-0.39, 0.29) is 0 Å². The van der Waals surface area contributed by atoms with Crippen LogP contribution in [0.25, 0.3) is 6.08 Å². The zero-order valence-electron chi connectivity index (χ0n) is 6.18. The quantitative estimate of drug-likeness (QED) is 0.430. The van der Waals surface area contributed by atoms with Crippen LogP contribution in [0.1, 0.15) is 11.1 Å². The van der Waals surface area contributed by atoms with Crippen molar-refractivity contribution in [3.63, 3.8) is 0 Å². The molecular formula is C9H8BI. The van der Waals surface area contributed by atoms with Gasteiger partial charge in [0.15, 0.2) is 0 Å². The van der Waals surface area contributed by atoms with Crippen LogP contribution in [0.2, 0.25) is 0 Å². The Bertz CT molecular complexity index is 268. The van der Waals surface area contributed by atoms with Gasteiger partial charge in [0.2, 0.25) is 0 Å². The molecule has 0 aliphatic heterocycles. The van der Waals surface area contributed by atoms with Gasteiger partial charge in [-0.1, -0.05) is 58.9 Å². The fraction of sp³-hybridized carbons (Fsp3) is 0.111. The van der Waals surface area contributed by atoms with Crippen LogP contribution in [0.5, 0.6) is 0 Å². The van der Waals surface area contributed by atoms with E-state index in [9.17, 15) is 0 Å². The minimum Gasteiger partial charge on any atom is -0.0985 e. The van der Waals surface area contributed by atoms with E-state index in [0.717, 1.165) is 15.5 Å². The number of hydrogen-bond acceptors (Lipinski definition) is 0. The Labute approximate surface area is 82.3 Å². The van der Waals surface area contributed by atoms with E-state index in [2.05, 4.69) is 29.2 Å². The molecule has 0 fully saturated rings. The van der Waals surface area contributed by atoms with Crippen LogP contribution in [0.15, 0.2) is 24.8 Å². The highest BCUT2D eigenvalue weighted by molar-refractivity contribution is 14.1. The maximum atomic E-state index is 5.61. The summed E-state index contributed by atoms with van der Waals surface area (Å²) in [6, 6.07) is 5.90. The molecule has 2 heteroatoms. The second-order valence-corrected chi connectivity index (χ2v) is 3.06. The van der Waals surface area contributed by atoms with E-state index in [1.54, 1.807) is 0 Å². The minimum atomic E-state index is 0.800. The Morgan fingerprint density at radius 1 is 1.55 bits per heavy atom. The van der Waals surface area contributed by atoms with Crippen molar-refractivity contribution in [2.45, 2.75) is 4.43 Å². The van der Waals surface area contributed by atoms with Gasteiger partial charge in [0.25, 0.3) is 0 Å². The van der Waals surface area contributed by atoms with Gasteiger partial charge >= 0.3 is 0 Å². The molecule has 0 atom stereocenters. The molecule has 0 aliphatic rings. The Balaban J connectivity index is 3.16. The first-order valence-electron chi connectivity index (χ1n) is 3.34. The van der Waals surface area contributed by atoms with Crippen LogP contribution >= 0.6 is 22.6 Å². The second-order valence-electron chi connectivity index (χ2n) is 2.30. The Morgan fingerprint density at radius 3 is 2.82 bits per heavy atom. The fourth-order valence-electron chi connectivity index (χ4n) is 0.925. The highest BCUT2D eigenvalue weighted by atomic mass is 127. The topological polar surface area (TPSA) is 0 Å². The van der Waals surface area contributed by atoms with Gasteiger partial charge in [-0.05, 0) is 11.1 Å². The van der Waals surface area contributed by atoms with Gasteiger partial charge in [-0.2, -0.15) is 0 Å². The van der Waals surface area contributed by atoms with Gasteiger partial charge < -0.3 is 0 Å². The molecule has 1 rings (SSSR count). The molecule has 11 heavy (non-hydrogen) atoms. The van der Waals surface area contributed by atoms with Crippen molar-refractivity contribution in [3.8, 4) is 0 Å². The molecule has 54 valence electrons. The molecule has 0 amide bonds. The van der Waals surface area contributed by atoms with E-state index in [0.29, 0.717) is 0 Å². The lowest BCUT2D eigenvalue weighted by molar-refractivity contribution is 1.44. The third kappa shape index (κ3) is 2.09. The monoisotopic (exact) mass is 254 g/mol. The average Bonchev–Trinajstić information content (AvgIpc) is 2.04. The molecule has 0 bridgehead atoms. The lowest BCUT2D eigenvalue weighted by Crippen LogP contribution is -2.02. The van der Waals surface area contributed by atoms with Gasteiger partial charge in [-0.3, -0.25) is 0 Å². The smallest absolute Gasteiger partial charge is 0.0985 e. The molecule has 2 radical (unpaired) electrons. The first kappa shape index (κ1) is 8.85. The summed E-state index contributed by atoms with van der Waals surface area (Å²) in [5.41, 5.74) is 3.22. The van der Waals surface area contributed by atoms with Crippen LogP contribution < -0.4 is 5.46 Å². The SMILES string of the molecule is [B]c1ccc(CI)c(C=C)c1. The van der Waals surface area contributed by atoms with Crippen molar-refractivity contribution in [1.82, 2.24) is 0 Å². The summed E-state index contributed by atoms with van der Waals surface area (Å²) >= 11 is 2.33. The Hall–Kier alpha value is -0.245. The number of hydrogen-bond donors (Lipinski definition) is 0. The number of alkyl halides is 1. The maximum Gasteiger partial charge on any atom is 0.113 e. The van der Waals surface area contributed by atoms with Crippen LogP contribution in [-0.4, -0.2) is 7.85 Å². The molecule has 0 aliphatic carbocycles. The predicted molar refractivity (Wildman–Crippen MR) is 59.6 cm³/mol. The number of rotatable bonds is 2. The van der Waals surface area contributed by atoms with Crippen molar-refractivity contribution < 1.29 is 0 Å². The summed E-state index contributed by atoms with van der Waals surface area (Å²) < 4.78 is 0.999. The van der Waals surface area contributed by atoms with E-state index >= 15 is 0 Å². The second kappa shape index (κ2) is 3.95. The molecule has 0 aromatic heterocycles. The standard InChI is InChI=1S/C9H8BI/c1-2-7-5-9(10)4-3-8(7)6-11/h2-5H,1,6H2. The van der Waals surface area contributed by atoms with Gasteiger partial charge in [0.1, 0.15) is 7.85 Å². The third-order valence-corrected chi connectivity index (χ3v) is 2.36. The summed E-state index contributed by atoms with van der Waals surface area (Å²) in [4.78, 5) is 0. The lowest BCUT2D eigenvalue weighted by atomic mass is 9.92. The zero-order chi connectivity index (χ0) is 8.27. The molecule has 0 unspecified atom stereocenters. The Kier molecular flexibility index (Phi) is 3.18. The summed E-state index contributed by atoms with van der Waals surface area (Å²) in [5, 5.41) is 0. The van der Waals surface area contributed by atoms with Gasteiger partial charge in [-0.25, -0.2) is 0 Å². The number of benzene rings is 1. The van der Waals surface area contributed by atoms with Crippen LogP contribution in [0, 0.1) is 0 Å². The first-order chi connectivity index (χ1) is 5.27. The average molecular weight is 254 g/mol. The molecule has 0 N–H and O–H groups in total. The number of halogens is 1. The summed E-state index contributed by atoms with van der Waals surface area (Å²) in [7, 11) is 5.61. The van der Waals surface area contributed by atoms with E-state index < -0.39 is 0 Å². The first-order valence-corrected chi connectivity index (χ1v) is 4.87. The van der Waals surface area contributed by atoms with Gasteiger partial charge in [0.05, 0.1) is 0 Å². The summed E-state index contributed by atoms with van der Waals surface area (Å²) in [6.07, 6.45) is 1.84. The largest absolute Gasteiger partial charge is 0.113 e. The lowest BCUT2D eigenvalue weighted by Gasteiger charge is -2.02. The van der Waals surface area contributed by atoms with E-state index in [1.165, 1.54) is 5.56 Å². The van der Waals surface area contributed by atoms with Crippen LogP contribution in [0.3, 0.4) is 0 Å². The molecule has 0 nitrogen and oxygen atoms in total. The minimum absolute atomic E-state index is 0.800. The zero-order valence-corrected chi connectivity index (χ0v) is 8.34. The molecule has 0 spiro atoms. The highest BCUT2D eigenvalue weighted by Gasteiger charge is 1.95. The van der Waals surface area contributed by atoms with E-state index in [4.69, 9.17) is 7.85 Å². The van der Waals surface area contributed by atoms with Gasteiger partial charge in [-0.15, -0.1) is 0 Å². The maximum absolute atomic E-state index is 5.61. The van der Waals surface area contributed by atoms with Crippen LogP contribution in [0.4, 0.5) is 0 Å².